The number of carbonyl (C=O) groups excluding carboxylic acids is 6. The molecule has 0 aromatic heterocycles. The van der Waals surface area contributed by atoms with Crippen LogP contribution in [0.5, 0.6) is 17.2 Å². The molecule has 23 nitrogen and oxygen atoms in total. The number of rotatable bonds is 35. The first-order valence-corrected chi connectivity index (χ1v) is 33.9. The van der Waals surface area contributed by atoms with E-state index < -0.39 is 47.0 Å². The Balaban J connectivity index is 0.000000453. The van der Waals surface area contributed by atoms with Gasteiger partial charge in [0.05, 0.1) is 19.8 Å². The van der Waals surface area contributed by atoms with E-state index in [0.717, 1.165) is 69.6 Å². The molecule has 2 aliphatic heterocycles. The van der Waals surface area contributed by atoms with Gasteiger partial charge >= 0.3 is 35.8 Å². The number of benzene rings is 3. The fourth-order valence-electron chi connectivity index (χ4n) is 8.73. The lowest BCUT2D eigenvalue weighted by Gasteiger charge is -2.33. The van der Waals surface area contributed by atoms with Crippen LogP contribution in [0.1, 0.15) is 175 Å². The number of alkyl carbamates (subject to hydrolysis) is 2. The van der Waals surface area contributed by atoms with E-state index in [2.05, 4.69) is 63.3 Å². The normalized spacial score (nSPS) is 13.0. The molecule has 0 bridgehead atoms. The highest BCUT2D eigenvalue weighted by atomic mass is 79.9. The molecule has 514 valence electrons. The Bertz CT molecular complexity index is 2650. The van der Waals surface area contributed by atoms with E-state index in [9.17, 15) is 28.8 Å². The van der Waals surface area contributed by atoms with Crippen LogP contribution >= 0.6 is 15.9 Å². The van der Waals surface area contributed by atoms with Gasteiger partial charge in [-0.2, -0.15) is 0 Å². The van der Waals surface area contributed by atoms with Crippen LogP contribution in [0.4, 0.5) is 9.59 Å². The lowest BCUT2D eigenvalue weighted by Crippen LogP contribution is -2.54. The highest BCUT2D eigenvalue weighted by Gasteiger charge is 2.32. The van der Waals surface area contributed by atoms with Gasteiger partial charge in [0.15, 0.2) is 0 Å². The molecular formula is C68H109BrN12O11. The monoisotopic (exact) mass is 1350 g/mol. The van der Waals surface area contributed by atoms with Gasteiger partial charge in [-0.15, -0.1) is 0 Å². The highest BCUT2D eigenvalue weighted by Crippen LogP contribution is 2.17. The summed E-state index contributed by atoms with van der Waals surface area (Å²) in [6.45, 7) is 26.4. The number of hydrogen-bond acceptors (Lipinski definition) is 16. The SMILES string of the molecule is CC(C)(C)OC(=O)NC(=N)c1ccc(OCCCN2CCNC(=O)C2=O)cc1.CCCCCCBr.CCCCCCN1CCN(CCCOc2ccc(C(=N)NC(=O)OC(C)(C)C)cc2)C(=O)C1=O.CCCCCCNCCNCCCOc1ccc(C(=N)N)cc1. The molecule has 3 aromatic carbocycles. The fraction of sp³-hybridized carbons (Fsp3) is 0.603. The predicted octanol–water partition coefficient (Wildman–Crippen LogP) is 10.3. The van der Waals surface area contributed by atoms with E-state index in [-0.39, 0.29) is 17.5 Å². The lowest BCUT2D eigenvalue weighted by atomic mass is 10.2. The maximum Gasteiger partial charge on any atom is 0.413 e. The number of nitrogens with zero attached hydrogens (tertiary/aromatic N) is 3. The number of unbranched alkanes of at least 4 members (excludes halogenated alkanes) is 9. The summed E-state index contributed by atoms with van der Waals surface area (Å²) in [6.07, 6.45) is 15.9. The van der Waals surface area contributed by atoms with E-state index in [4.69, 9.17) is 45.6 Å². The number of alkyl halides is 1. The third kappa shape index (κ3) is 37.3. The van der Waals surface area contributed by atoms with Gasteiger partial charge in [0.25, 0.3) is 0 Å². The number of halogens is 1. The predicted molar refractivity (Wildman–Crippen MR) is 368 cm³/mol. The van der Waals surface area contributed by atoms with Crippen molar-refractivity contribution in [3.8, 4) is 17.2 Å². The zero-order chi connectivity index (χ0) is 68.2. The second-order valence-electron chi connectivity index (χ2n) is 24.1. The summed E-state index contributed by atoms with van der Waals surface area (Å²) in [5.74, 6) is 0.102. The van der Waals surface area contributed by atoms with Crippen molar-refractivity contribution < 1.29 is 52.5 Å². The Labute approximate surface area is 556 Å². The largest absolute Gasteiger partial charge is 0.494 e. The van der Waals surface area contributed by atoms with E-state index in [1.807, 2.05) is 24.3 Å². The third-order valence-electron chi connectivity index (χ3n) is 13.7. The number of ether oxygens (including phenoxy) is 5. The van der Waals surface area contributed by atoms with Crippen LogP contribution in [0.2, 0.25) is 0 Å². The molecule has 3 aromatic rings. The van der Waals surface area contributed by atoms with E-state index in [0.29, 0.717) is 101 Å². The van der Waals surface area contributed by atoms with Crippen molar-refractivity contribution in [1.29, 1.82) is 16.2 Å². The molecule has 0 radical (unpaired) electrons. The maximum atomic E-state index is 12.4. The van der Waals surface area contributed by atoms with Crippen LogP contribution in [-0.2, 0) is 28.7 Å². The minimum atomic E-state index is -0.682. The van der Waals surface area contributed by atoms with Crippen LogP contribution in [0, 0.1) is 16.2 Å². The van der Waals surface area contributed by atoms with Gasteiger partial charge in [-0.1, -0.05) is 94.5 Å². The van der Waals surface area contributed by atoms with Gasteiger partial charge < -0.3 is 60.1 Å². The average Bonchev–Trinajstić information content (AvgIpc) is 2.24. The number of nitrogens with two attached hydrogens (primary N) is 1. The Hall–Kier alpha value is -7.31. The standard InChI is InChI=1S/C25H38N4O5.C19H26N4O5.C18H32N4O.C6H13Br/c1-5-6-7-8-14-28-16-17-29(23(31)22(28)30)15-9-18-33-20-12-10-19(11-13-20)21(26)27-24(32)34-25(2,3)4;1-19(2,3)28-18(26)22-15(20)13-5-7-14(8-6-13)27-12-4-10-23-11-9-21-16(24)17(23)25;1-2-3-4-5-11-21-13-14-22-12-6-15-23-17-9-7-16(8-10-17)18(19)20;1-2-3-4-5-6-7/h10-13H,5-9,14-18H2,1-4H3,(H2,26,27,32);5-8H,4,9-12H2,1-3H3,(H,21,24)(H2,20,22,26);7-10,21-22H,2-6,11-15H2,1H3,(H3,19,20);2-6H2,1H3. The molecule has 0 saturated carbocycles. The van der Waals surface area contributed by atoms with Crippen LogP contribution in [0.25, 0.3) is 0 Å². The summed E-state index contributed by atoms with van der Waals surface area (Å²) in [5, 5.41) is 38.6. The first-order valence-electron chi connectivity index (χ1n) is 32.7. The first kappa shape index (κ1) is 80.8. The van der Waals surface area contributed by atoms with Gasteiger partial charge in [-0.3, -0.25) is 46.0 Å². The number of piperazine rings is 2. The van der Waals surface area contributed by atoms with Crippen molar-refractivity contribution in [2.45, 2.75) is 170 Å². The number of amides is 6. The number of amidine groups is 3. The van der Waals surface area contributed by atoms with Gasteiger partial charge in [0, 0.05) is 80.9 Å². The molecule has 0 spiro atoms. The second kappa shape index (κ2) is 46.7. The molecule has 6 amide bonds. The number of nitrogens with one attached hydrogen (secondary N) is 8. The van der Waals surface area contributed by atoms with Gasteiger partial charge in [0.1, 0.15) is 46.0 Å². The van der Waals surface area contributed by atoms with Crippen molar-refractivity contribution in [3.63, 3.8) is 0 Å². The van der Waals surface area contributed by atoms with Gasteiger partial charge in [0.2, 0.25) is 0 Å². The summed E-state index contributed by atoms with van der Waals surface area (Å²) in [4.78, 5) is 75.9. The van der Waals surface area contributed by atoms with Crippen LogP contribution in [-0.4, -0.2) is 176 Å². The highest BCUT2D eigenvalue weighted by molar-refractivity contribution is 9.09. The molecule has 2 heterocycles. The lowest BCUT2D eigenvalue weighted by molar-refractivity contribution is -0.156. The van der Waals surface area contributed by atoms with Crippen LogP contribution in [0.3, 0.4) is 0 Å². The van der Waals surface area contributed by atoms with Crippen molar-refractivity contribution in [2.75, 3.05) is 97.1 Å². The molecular weight excluding hydrogens is 1240 g/mol. The Morgan fingerprint density at radius 3 is 1.26 bits per heavy atom. The molecule has 92 heavy (non-hydrogen) atoms. The second-order valence-corrected chi connectivity index (χ2v) is 24.9. The summed E-state index contributed by atoms with van der Waals surface area (Å²) in [5.41, 5.74) is 5.90. The number of carbonyl (C=O) groups is 6. The molecule has 2 aliphatic rings. The fourth-order valence-corrected chi connectivity index (χ4v) is 9.13. The maximum absolute atomic E-state index is 12.4. The smallest absolute Gasteiger partial charge is 0.413 e. The summed E-state index contributed by atoms with van der Waals surface area (Å²) >= 11 is 3.38. The summed E-state index contributed by atoms with van der Waals surface area (Å²) < 4.78 is 27.3. The minimum absolute atomic E-state index is 0.0616. The quantitative estimate of drug-likeness (QED) is 0.00870. The molecule has 0 atom stereocenters. The van der Waals surface area contributed by atoms with Gasteiger partial charge in [-0.25, -0.2) is 9.59 Å². The Morgan fingerprint density at radius 1 is 0.489 bits per heavy atom. The van der Waals surface area contributed by atoms with Crippen molar-refractivity contribution in [3.05, 3.63) is 89.5 Å². The van der Waals surface area contributed by atoms with Crippen LogP contribution < -0.4 is 46.5 Å². The first-order chi connectivity index (χ1) is 43.9. The molecule has 0 aliphatic carbocycles. The Kier molecular flexibility index (Phi) is 41.0. The summed E-state index contributed by atoms with van der Waals surface area (Å²) in [7, 11) is 0. The number of nitrogen functional groups attached to an aromatic ring is 1. The minimum Gasteiger partial charge on any atom is -0.494 e. The van der Waals surface area contributed by atoms with E-state index in [1.165, 1.54) is 61.6 Å². The average molecular weight is 1350 g/mol. The topological polar surface area (TPSA) is 316 Å². The van der Waals surface area contributed by atoms with E-state index in [1.54, 1.807) is 99.9 Å². The third-order valence-corrected chi connectivity index (χ3v) is 14.2. The van der Waals surface area contributed by atoms with Crippen molar-refractivity contribution in [2.24, 2.45) is 5.73 Å². The molecule has 2 fully saturated rings. The zero-order valence-corrected chi connectivity index (χ0v) is 58.0. The molecule has 2 saturated heterocycles. The van der Waals surface area contributed by atoms with E-state index >= 15 is 0 Å². The number of hydrogen-bond donors (Lipinski definition) is 9. The van der Waals surface area contributed by atoms with Crippen molar-refractivity contribution in [1.82, 2.24) is 41.3 Å². The molecule has 10 N–H and O–H groups in total. The Morgan fingerprint density at radius 2 is 0.859 bits per heavy atom. The molecule has 24 heteroatoms. The summed E-state index contributed by atoms with van der Waals surface area (Å²) in [6, 6.07) is 20.8. The van der Waals surface area contributed by atoms with Crippen molar-refractivity contribution >= 4 is 69.3 Å². The van der Waals surface area contributed by atoms with Crippen LogP contribution in [0.15, 0.2) is 72.8 Å². The zero-order valence-electron chi connectivity index (χ0n) is 56.4. The molecule has 0 unspecified atom stereocenters. The molecule has 5 rings (SSSR count). The van der Waals surface area contributed by atoms with Gasteiger partial charge in [-0.05, 0) is 166 Å².